The summed E-state index contributed by atoms with van der Waals surface area (Å²) in [4.78, 5) is 0. The molecular formula is C23H25NO. The zero-order valence-corrected chi connectivity index (χ0v) is 14.4. The molecule has 0 spiro atoms. The molecule has 0 aromatic heterocycles. The van der Waals surface area contributed by atoms with E-state index < -0.39 is 0 Å². The summed E-state index contributed by atoms with van der Waals surface area (Å²) in [5.74, 6) is 0. The number of anilines is 1. The summed E-state index contributed by atoms with van der Waals surface area (Å²) >= 11 is 0. The highest BCUT2D eigenvalue weighted by molar-refractivity contribution is 5.45. The Hall–Kier alpha value is -2.58. The predicted octanol–water partition coefficient (Wildman–Crippen LogP) is 5.22. The highest BCUT2D eigenvalue weighted by Gasteiger charge is 2.16. The van der Waals surface area contributed by atoms with Crippen LogP contribution in [0.25, 0.3) is 0 Å². The minimum absolute atomic E-state index is 0.0920. The molecular weight excluding hydrogens is 306 g/mol. The molecule has 0 radical (unpaired) electrons. The molecule has 0 saturated carbocycles. The second kappa shape index (κ2) is 9.05. The monoisotopic (exact) mass is 331 g/mol. The van der Waals surface area contributed by atoms with Crippen LogP contribution in [-0.2, 0) is 6.42 Å². The van der Waals surface area contributed by atoms with E-state index in [0.717, 1.165) is 18.5 Å². The third kappa shape index (κ3) is 5.47. The SMILES string of the molecule is OC(CCc1ccccc1)CC(Nc1ccccc1)c1ccccc1. The second-order valence-corrected chi connectivity index (χ2v) is 6.39. The maximum Gasteiger partial charge on any atom is 0.0566 e. The Bertz CT molecular complexity index is 728. The summed E-state index contributed by atoms with van der Waals surface area (Å²) in [5, 5.41) is 14.1. The summed E-state index contributed by atoms with van der Waals surface area (Å²) in [5.41, 5.74) is 3.55. The number of hydrogen-bond donors (Lipinski definition) is 2. The van der Waals surface area contributed by atoms with Gasteiger partial charge in [-0.15, -0.1) is 0 Å². The van der Waals surface area contributed by atoms with Crippen molar-refractivity contribution < 1.29 is 5.11 Å². The molecule has 3 aromatic carbocycles. The molecule has 2 nitrogen and oxygen atoms in total. The van der Waals surface area contributed by atoms with Crippen molar-refractivity contribution in [1.29, 1.82) is 0 Å². The molecule has 2 heteroatoms. The lowest BCUT2D eigenvalue weighted by atomic mass is 9.96. The van der Waals surface area contributed by atoms with Crippen LogP contribution in [0.3, 0.4) is 0 Å². The van der Waals surface area contributed by atoms with Gasteiger partial charge in [-0.1, -0.05) is 78.9 Å². The van der Waals surface area contributed by atoms with Gasteiger partial charge in [0.15, 0.2) is 0 Å². The van der Waals surface area contributed by atoms with Crippen molar-refractivity contribution in [1.82, 2.24) is 0 Å². The second-order valence-electron chi connectivity index (χ2n) is 6.39. The van der Waals surface area contributed by atoms with E-state index in [1.165, 1.54) is 11.1 Å². The van der Waals surface area contributed by atoms with Gasteiger partial charge in [0.05, 0.1) is 12.1 Å². The average molecular weight is 331 g/mol. The van der Waals surface area contributed by atoms with Crippen molar-refractivity contribution in [3.63, 3.8) is 0 Å². The van der Waals surface area contributed by atoms with Crippen LogP contribution in [0.5, 0.6) is 0 Å². The Morgan fingerprint density at radius 3 is 1.92 bits per heavy atom. The van der Waals surface area contributed by atoms with Gasteiger partial charge in [-0.3, -0.25) is 0 Å². The van der Waals surface area contributed by atoms with E-state index in [4.69, 9.17) is 0 Å². The van der Waals surface area contributed by atoms with Crippen molar-refractivity contribution in [3.8, 4) is 0 Å². The van der Waals surface area contributed by atoms with Crippen LogP contribution < -0.4 is 5.32 Å². The van der Waals surface area contributed by atoms with E-state index in [2.05, 4.69) is 41.7 Å². The first kappa shape index (κ1) is 17.2. The summed E-state index contributed by atoms with van der Waals surface area (Å²) in [6, 6.07) is 31.0. The Kier molecular flexibility index (Phi) is 6.24. The van der Waals surface area contributed by atoms with E-state index in [1.807, 2.05) is 54.6 Å². The number of benzene rings is 3. The van der Waals surface area contributed by atoms with Crippen molar-refractivity contribution in [2.75, 3.05) is 5.32 Å². The Morgan fingerprint density at radius 1 is 0.720 bits per heavy atom. The molecule has 2 atom stereocenters. The molecule has 0 fully saturated rings. The van der Waals surface area contributed by atoms with E-state index >= 15 is 0 Å². The third-order valence-corrected chi connectivity index (χ3v) is 4.43. The fourth-order valence-electron chi connectivity index (χ4n) is 3.07. The highest BCUT2D eigenvalue weighted by Crippen LogP contribution is 2.25. The van der Waals surface area contributed by atoms with Gasteiger partial charge in [-0.25, -0.2) is 0 Å². The van der Waals surface area contributed by atoms with Crippen molar-refractivity contribution >= 4 is 5.69 Å². The van der Waals surface area contributed by atoms with Crippen LogP contribution in [0, 0.1) is 0 Å². The zero-order chi connectivity index (χ0) is 17.3. The first-order valence-corrected chi connectivity index (χ1v) is 8.90. The van der Waals surface area contributed by atoms with Gasteiger partial charge in [0.25, 0.3) is 0 Å². The topological polar surface area (TPSA) is 32.3 Å². The quantitative estimate of drug-likeness (QED) is 0.593. The minimum atomic E-state index is -0.346. The average Bonchev–Trinajstić information content (AvgIpc) is 2.68. The Morgan fingerprint density at radius 2 is 1.28 bits per heavy atom. The molecule has 0 aliphatic carbocycles. The maximum absolute atomic E-state index is 10.6. The Balaban J connectivity index is 1.64. The minimum Gasteiger partial charge on any atom is -0.393 e. The first-order chi connectivity index (χ1) is 12.3. The van der Waals surface area contributed by atoms with Crippen molar-refractivity contribution in [2.45, 2.75) is 31.4 Å². The van der Waals surface area contributed by atoms with Crippen molar-refractivity contribution in [3.05, 3.63) is 102 Å². The van der Waals surface area contributed by atoms with Crippen molar-refractivity contribution in [2.24, 2.45) is 0 Å². The van der Waals surface area contributed by atoms with Gasteiger partial charge in [0, 0.05) is 5.69 Å². The van der Waals surface area contributed by atoms with Gasteiger partial charge in [0.2, 0.25) is 0 Å². The molecule has 0 heterocycles. The van der Waals surface area contributed by atoms with E-state index in [0.29, 0.717) is 6.42 Å². The molecule has 0 aliphatic rings. The lowest BCUT2D eigenvalue weighted by Gasteiger charge is -2.23. The summed E-state index contributed by atoms with van der Waals surface area (Å²) in [6.45, 7) is 0. The predicted molar refractivity (Wildman–Crippen MR) is 105 cm³/mol. The summed E-state index contributed by atoms with van der Waals surface area (Å²) in [7, 11) is 0. The van der Waals surface area contributed by atoms with Gasteiger partial charge in [-0.05, 0) is 42.5 Å². The molecule has 3 aromatic rings. The van der Waals surface area contributed by atoms with Crippen LogP contribution >= 0.6 is 0 Å². The molecule has 25 heavy (non-hydrogen) atoms. The first-order valence-electron chi connectivity index (χ1n) is 8.90. The van der Waals surface area contributed by atoms with E-state index in [-0.39, 0.29) is 12.1 Å². The molecule has 0 bridgehead atoms. The third-order valence-electron chi connectivity index (χ3n) is 4.43. The van der Waals surface area contributed by atoms with E-state index in [9.17, 15) is 5.11 Å². The summed E-state index contributed by atoms with van der Waals surface area (Å²) < 4.78 is 0. The molecule has 3 rings (SSSR count). The van der Waals surface area contributed by atoms with Gasteiger partial charge in [0.1, 0.15) is 0 Å². The van der Waals surface area contributed by atoms with Gasteiger partial charge < -0.3 is 10.4 Å². The zero-order valence-electron chi connectivity index (χ0n) is 14.4. The largest absolute Gasteiger partial charge is 0.393 e. The van der Waals surface area contributed by atoms with Crippen LogP contribution in [0.1, 0.15) is 30.0 Å². The van der Waals surface area contributed by atoms with Crippen LogP contribution in [0.4, 0.5) is 5.69 Å². The fourth-order valence-corrected chi connectivity index (χ4v) is 3.07. The lowest BCUT2D eigenvalue weighted by molar-refractivity contribution is 0.148. The number of aliphatic hydroxyl groups excluding tert-OH is 1. The smallest absolute Gasteiger partial charge is 0.0566 e. The van der Waals surface area contributed by atoms with Crippen LogP contribution in [0.2, 0.25) is 0 Å². The lowest BCUT2D eigenvalue weighted by Crippen LogP contribution is -2.19. The van der Waals surface area contributed by atoms with Crippen LogP contribution in [0.15, 0.2) is 91.0 Å². The van der Waals surface area contributed by atoms with E-state index in [1.54, 1.807) is 0 Å². The van der Waals surface area contributed by atoms with Gasteiger partial charge >= 0.3 is 0 Å². The molecule has 0 aliphatic heterocycles. The standard InChI is InChI=1S/C23H25NO/c25-22(17-16-19-10-4-1-5-11-19)18-23(20-12-6-2-7-13-20)24-21-14-8-3-9-15-21/h1-15,22-25H,16-18H2. The summed E-state index contributed by atoms with van der Waals surface area (Å²) in [6.07, 6.45) is 2.01. The number of hydrogen-bond acceptors (Lipinski definition) is 2. The number of rotatable bonds is 8. The number of aryl methyl sites for hydroxylation is 1. The number of para-hydroxylation sites is 1. The molecule has 2 N–H and O–H groups in total. The highest BCUT2D eigenvalue weighted by atomic mass is 16.3. The number of nitrogens with one attached hydrogen (secondary N) is 1. The molecule has 2 unspecified atom stereocenters. The fraction of sp³-hybridized carbons (Fsp3) is 0.217. The normalized spacial score (nSPS) is 13.2. The molecule has 0 saturated heterocycles. The number of aliphatic hydroxyl groups is 1. The Labute approximate surface area is 150 Å². The molecule has 128 valence electrons. The molecule has 0 amide bonds. The maximum atomic E-state index is 10.6. The van der Waals surface area contributed by atoms with Gasteiger partial charge in [-0.2, -0.15) is 0 Å². The van der Waals surface area contributed by atoms with Crippen LogP contribution in [-0.4, -0.2) is 11.2 Å².